The molecular formula is C18H26IN5. The minimum Gasteiger partial charge on any atom is -0.356 e. The van der Waals surface area contributed by atoms with Crippen LogP contribution in [0.3, 0.4) is 0 Å². The van der Waals surface area contributed by atoms with Crippen LogP contribution in [0.2, 0.25) is 0 Å². The van der Waals surface area contributed by atoms with E-state index in [1.807, 2.05) is 26.4 Å². The summed E-state index contributed by atoms with van der Waals surface area (Å²) in [6.07, 6.45) is 6.56. The van der Waals surface area contributed by atoms with Crippen LogP contribution in [0, 0.1) is 12.8 Å². The van der Waals surface area contributed by atoms with E-state index >= 15 is 0 Å². The van der Waals surface area contributed by atoms with Gasteiger partial charge in [-0.25, -0.2) is 4.98 Å². The summed E-state index contributed by atoms with van der Waals surface area (Å²) < 4.78 is 2.16. The highest BCUT2D eigenvalue weighted by atomic mass is 127. The molecule has 1 fully saturated rings. The summed E-state index contributed by atoms with van der Waals surface area (Å²) in [4.78, 5) is 8.55. The topological polar surface area (TPSA) is 54.2 Å². The molecule has 0 radical (unpaired) electrons. The molecule has 1 aromatic heterocycles. The number of imidazole rings is 1. The van der Waals surface area contributed by atoms with Crippen molar-refractivity contribution in [2.75, 3.05) is 13.6 Å². The first kappa shape index (κ1) is 18.8. The molecule has 3 rings (SSSR count). The Morgan fingerprint density at radius 3 is 2.75 bits per heavy atom. The predicted octanol–water partition coefficient (Wildman–Crippen LogP) is 2.93. The normalized spacial score (nSPS) is 14.2. The van der Waals surface area contributed by atoms with Gasteiger partial charge in [0.1, 0.15) is 5.82 Å². The van der Waals surface area contributed by atoms with Gasteiger partial charge < -0.3 is 15.2 Å². The standard InChI is InChI=1S/C18H25N5.HI/c1-14-20-8-9-23(14)13-17-5-3-4-16(10-17)12-22-18(19-2)21-11-15-6-7-15;/h3-5,8-10,15H,6-7,11-13H2,1-2H3,(H2,19,21,22);1H. The van der Waals surface area contributed by atoms with Crippen molar-refractivity contribution in [2.24, 2.45) is 10.9 Å². The van der Waals surface area contributed by atoms with Gasteiger partial charge in [0.15, 0.2) is 5.96 Å². The van der Waals surface area contributed by atoms with Crippen LogP contribution in [-0.2, 0) is 13.1 Å². The Morgan fingerprint density at radius 1 is 1.29 bits per heavy atom. The molecular weight excluding hydrogens is 413 g/mol. The molecule has 2 aromatic rings. The van der Waals surface area contributed by atoms with Crippen LogP contribution in [0.5, 0.6) is 0 Å². The Hall–Kier alpha value is -1.57. The number of rotatable bonds is 6. The lowest BCUT2D eigenvalue weighted by Crippen LogP contribution is -2.37. The molecule has 24 heavy (non-hydrogen) atoms. The van der Waals surface area contributed by atoms with E-state index in [9.17, 15) is 0 Å². The number of halogens is 1. The molecule has 130 valence electrons. The van der Waals surface area contributed by atoms with Crippen molar-refractivity contribution in [2.45, 2.75) is 32.9 Å². The summed E-state index contributed by atoms with van der Waals surface area (Å²) in [5.74, 6) is 2.77. The smallest absolute Gasteiger partial charge is 0.191 e. The van der Waals surface area contributed by atoms with Crippen LogP contribution in [-0.4, -0.2) is 29.1 Å². The Kier molecular flexibility index (Phi) is 7.08. The van der Waals surface area contributed by atoms with Crippen LogP contribution in [0.1, 0.15) is 29.8 Å². The molecule has 0 unspecified atom stereocenters. The Balaban J connectivity index is 0.00000208. The molecule has 1 heterocycles. The van der Waals surface area contributed by atoms with E-state index in [1.165, 1.54) is 24.0 Å². The van der Waals surface area contributed by atoms with Gasteiger partial charge in [-0.1, -0.05) is 24.3 Å². The maximum Gasteiger partial charge on any atom is 0.191 e. The maximum absolute atomic E-state index is 4.28. The van der Waals surface area contributed by atoms with E-state index in [-0.39, 0.29) is 24.0 Å². The molecule has 2 N–H and O–H groups in total. The highest BCUT2D eigenvalue weighted by Gasteiger charge is 2.20. The van der Waals surface area contributed by atoms with Crippen molar-refractivity contribution >= 4 is 29.9 Å². The van der Waals surface area contributed by atoms with E-state index < -0.39 is 0 Å². The van der Waals surface area contributed by atoms with Crippen LogP contribution in [0.25, 0.3) is 0 Å². The Labute approximate surface area is 161 Å². The average Bonchev–Trinajstić information content (AvgIpc) is 3.31. The third-order valence-corrected chi connectivity index (χ3v) is 4.21. The highest BCUT2D eigenvalue weighted by molar-refractivity contribution is 14.0. The van der Waals surface area contributed by atoms with E-state index in [1.54, 1.807) is 0 Å². The van der Waals surface area contributed by atoms with Crippen molar-refractivity contribution in [3.63, 3.8) is 0 Å². The highest BCUT2D eigenvalue weighted by Crippen LogP contribution is 2.27. The quantitative estimate of drug-likeness (QED) is 0.414. The third-order valence-electron chi connectivity index (χ3n) is 4.21. The van der Waals surface area contributed by atoms with Crippen LogP contribution in [0.4, 0.5) is 0 Å². The second kappa shape index (κ2) is 9.05. The average molecular weight is 439 g/mol. The van der Waals surface area contributed by atoms with Gasteiger partial charge in [-0.15, -0.1) is 24.0 Å². The summed E-state index contributed by atoms with van der Waals surface area (Å²) in [5, 5.41) is 6.77. The molecule has 6 heteroatoms. The fraction of sp³-hybridized carbons (Fsp3) is 0.444. The lowest BCUT2D eigenvalue weighted by atomic mass is 10.1. The number of nitrogens with zero attached hydrogens (tertiary/aromatic N) is 3. The fourth-order valence-electron chi connectivity index (χ4n) is 2.57. The molecule has 5 nitrogen and oxygen atoms in total. The minimum absolute atomic E-state index is 0. The van der Waals surface area contributed by atoms with Crippen molar-refractivity contribution in [3.8, 4) is 0 Å². The number of aromatic nitrogens is 2. The van der Waals surface area contributed by atoms with Gasteiger partial charge in [0.2, 0.25) is 0 Å². The SMILES string of the molecule is CN=C(NCc1cccc(Cn2ccnc2C)c1)NCC1CC1.I. The van der Waals surface area contributed by atoms with Gasteiger partial charge >= 0.3 is 0 Å². The minimum atomic E-state index is 0. The Bertz CT molecular complexity index is 676. The zero-order valence-corrected chi connectivity index (χ0v) is 16.7. The van der Waals surface area contributed by atoms with Gasteiger partial charge in [-0.2, -0.15) is 0 Å². The summed E-state index contributed by atoms with van der Waals surface area (Å²) >= 11 is 0. The van der Waals surface area contributed by atoms with Crippen molar-refractivity contribution < 1.29 is 0 Å². The molecule has 1 aliphatic carbocycles. The number of aliphatic imine (C=N–C) groups is 1. The van der Waals surface area contributed by atoms with Crippen LogP contribution < -0.4 is 10.6 Å². The first-order valence-electron chi connectivity index (χ1n) is 8.24. The van der Waals surface area contributed by atoms with Gasteiger partial charge in [0.05, 0.1) is 0 Å². The predicted molar refractivity (Wildman–Crippen MR) is 109 cm³/mol. The van der Waals surface area contributed by atoms with Crippen LogP contribution >= 0.6 is 24.0 Å². The molecule has 0 saturated heterocycles. The molecule has 1 aliphatic rings. The molecule has 0 aliphatic heterocycles. The summed E-state index contributed by atoms with van der Waals surface area (Å²) in [6.45, 7) is 4.69. The van der Waals surface area contributed by atoms with Gasteiger partial charge in [-0.3, -0.25) is 4.99 Å². The van der Waals surface area contributed by atoms with E-state index in [4.69, 9.17) is 0 Å². The van der Waals surface area contributed by atoms with E-state index in [0.717, 1.165) is 37.3 Å². The second-order valence-electron chi connectivity index (χ2n) is 6.17. The summed E-state index contributed by atoms with van der Waals surface area (Å²) in [7, 11) is 1.82. The van der Waals surface area contributed by atoms with Gasteiger partial charge in [0, 0.05) is 39.1 Å². The Morgan fingerprint density at radius 2 is 2.08 bits per heavy atom. The van der Waals surface area contributed by atoms with Gasteiger partial charge in [0.25, 0.3) is 0 Å². The largest absolute Gasteiger partial charge is 0.356 e. The monoisotopic (exact) mass is 439 g/mol. The zero-order chi connectivity index (χ0) is 16.1. The number of benzene rings is 1. The third kappa shape index (κ3) is 5.51. The van der Waals surface area contributed by atoms with Crippen molar-refractivity contribution in [1.29, 1.82) is 0 Å². The summed E-state index contributed by atoms with van der Waals surface area (Å²) in [6, 6.07) is 8.65. The molecule has 0 amide bonds. The fourth-order valence-corrected chi connectivity index (χ4v) is 2.57. The first-order valence-corrected chi connectivity index (χ1v) is 8.24. The molecule has 1 saturated carbocycles. The number of aryl methyl sites for hydroxylation is 1. The molecule has 0 atom stereocenters. The lowest BCUT2D eigenvalue weighted by molar-refractivity contribution is 0.735. The van der Waals surface area contributed by atoms with Crippen LogP contribution in [0.15, 0.2) is 41.7 Å². The second-order valence-corrected chi connectivity index (χ2v) is 6.17. The number of hydrogen-bond donors (Lipinski definition) is 2. The van der Waals surface area contributed by atoms with Crippen molar-refractivity contribution in [1.82, 2.24) is 20.2 Å². The zero-order valence-electron chi connectivity index (χ0n) is 14.3. The summed E-state index contributed by atoms with van der Waals surface area (Å²) in [5.41, 5.74) is 2.54. The number of nitrogens with one attached hydrogen (secondary N) is 2. The number of guanidine groups is 1. The number of hydrogen-bond acceptors (Lipinski definition) is 2. The first-order chi connectivity index (χ1) is 11.2. The molecule has 0 bridgehead atoms. The van der Waals surface area contributed by atoms with E-state index in [0.29, 0.717) is 0 Å². The molecule has 1 aromatic carbocycles. The lowest BCUT2D eigenvalue weighted by Gasteiger charge is -2.12. The maximum atomic E-state index is 4.28. The van der Waals surface area contributed by atoms with Gasteiger partial charge in [-0.05, 0) is 36.8 Å². The van der Waals surface area contributed by atoms with E-state index in [2.05, 4.69) is 49.4 Å². The molecule has 0 spiro atoms. The van der Waals surface area contributed by atoms with Crippen molar-refractivity contribution in [3.05, 3.63) is 53.6 Å².